The summed E-state index contributed by atoms with van der Waals surface area (Å²) in [6.07, 6.45) is -1.99. The number of hydrogen-bond donors (Lipinski definition) is 2. The second-order valence-electron chi connectivity index (χ2n) is 4.34. The van der Waals surface area contributed by atoms with Gasteiger partial charge in [-0.2, -0.15) is 13.2 Å². The molecule has 0 amide bonds. The molecule has 0 spiro atoms. The van der Waals surface area contributed by atoms with Crippen molar-refractivity contribution >= 4 is 21.6 Å². The van der Waals surface area contributed by atoms with Crippen LogP contribution in [-0.4, -0.2) is 19.1 Å². The molecule has 100 valence electrons. The van der Waals surface area contributed by atoms with Gasteiger partial charge in [-0.3, -0.25) is 0 Å². The van der Waals surface area contributed by atoms with Crippen molar-refractivity contribution in [1.29, 1.82) is 0 Å². The molecule has 1 aliphatic carbocycles. The second-order valence-corrected chi connectivity index (χ2v) is 5.26. The molecule has 1 aromatic carbocycles. The van der Waals surface area contributed by atoms with Crippen molar-refractivity contribution < 1.29 is 13.2 Å². The van der Waals surface area contributed by atoms with Gasteiger partial charge in [0.2, 0.25) is 0 Å². The van der Waals surface area contributed by atoms with E-state index < -0.39 is 11.7 Å². The maximum atomic E-state index is 12.8. The molecule has 6 heteroatoms. The summed E-state index contributed by atoms with van der Waals surface area (Å²) in [7, 11) is 0. The van der Waals surface area contributed by atoms with Crippen LogP contribution >= 0.6 is 15.9 Å². The Balaban J connectivity index is 1.97. The normalized spacial score (nSPS) is 15.8. The maximum absolute atomic E-state index is 12.8. The largest absolute Gasteiger partial charge is 0.418 e. The predicted molar refractivity (Wildman–Crippen MR) is 68.7 cm³/mol. The maximum Gasteiger partial charge on any atom is 0.418 e. The number of hydrogen-bond acceptors (Lipinski definition) is 2. The minimum Gasteiger partial charge on any atom is -0.383 e. The first-order valence-corrected chi connectivity index (χ1v) is 6.60. The molecule has 2 N–H and O–H groups in total. The fourth-order valence-electron chi connectivity index (χ4n) is 1.67. The van der Waals surface area contributed by atoms with E-state index >= 15 is 0 Å². The summed E-state index contributed by atoms with van der Waals surface area (Å²) in [5.41, 5.74) is -0.508. The summed E-state index contributed by atoms with van der Waals surface area (Å²) in [5, 5.41) is 6.07. The SMILES string of the molecule is FC(F)(F)c1cc(Br)ccc1NCCNC1CC1. The number of nitrogens with one attached hydrogen (secondary N) is 2. The highest BCUT2D eigenvalue weighted by atomic mass is 79.9. The lowest BCUT2D eigenvalue weighted by molar-refractivity contribution is -0.137. The number of anilines is 1. The summed E-state index contributed by atoms with van der Waals surface area (Å²) >= 11 is 3.06. The Kier molecular flexibility index (Phi) is 4.17. The highest BCUT2D eigenvalue weighted by Gasteiger charge is 2.33. The van der Waals surface area contributed by atoms with Crippen molar-refractivity contribution in [3.05, 3.63) is 28.2 Å². The molecule has 0 saturated heterocycles. The van der Waals surface area contributed by atoms with Gasteiger partial charge in [-0.25, -0.2) is 0 Å². The lowest BCUT2D eigenvalue weighted by Crippen LogP contribution is -2.24. The number of alkyl halides is 3. The molecule has 2 nitrogen and oxygen atoms in total. The Hall–Kier alpha value is -0.750. The molecule has 0 atom stereocenters. The highest BCUT2D eigenvalue weighted by molar-refractivity contribution is 9.10. The Labute approximate surface area is 112 Å². The van der Waals surface area contributed by atoms with E-state index in [1.807, 2.05) is 0 Å². The third-order valence-corrected chi connectivity index (χ3v) is 3.23. The van der Waals surface area contributed by atoms with Gasteiger partial charge >= 0.3 is 6.18 Å². The molecule has 0 radical (unpaired) electrons. The molecule has 2 rings (SSSR count). The van der Waals surface area contributed by atoms with Gasteiger partial charge in [-0.15, -0.1) is 0 Å². The minimum atomic E-state index is -4.34. The zero-order valence-corrected chi connectivity index (χ0v) is 11.2. The van der Waals surface area contributed by atoms with Crippen molar-refractivity contribution in [3.8, 4) is 0 Å². The van der Waals surface area contributed by atoms with E-state index in [-0.39, 0.29) is 5.69 Å². The summed E-state index contributed by atoms with van der Waals surface area (Å²) < 4.78 is 38.8. The fourth-order valence-corrected chi connectivity index (χ4v) is 2.03. The van der Waals surface area contributed by atoms with Gasteiger partial charge in [0.1, 0.15) is 0 Å². The molecule has 18 heavy (non-hydrogen) atoms. The molecule has 0 heterocycles. The van der Waals surface area contributed by atoms with Gasteiger partial charge in [0.05, 0.1) is 5.56 Å². The summed E-state index contributed by atoms with van der Waals surface area (Å²) in [6, 6.07) is 4.71. The van der Waals surface area contributed by atoms with E-state index in [0.717, 1.165) is 6.07 Å². The van der Waals surface area contributed by atoms with Crippen molar-refractivity contribution in [3.63, 3.8) is 0 Å². The van der Waals surface area contributed by atoms with Crippen molar-refractivity contribution in [2.24, 2.45) is 0 Å². The average molecular weight is 323 g/mol. The van der Waals surface area contributed by atoms with E-state index in [9.17, 15) is 13.2 Å². The molecule has 0 unspecified atom stereocenters. The van der Waals surface area contributed by atoms with Crippen LogP contribution in [0.25, 0.3) is 0 Å². The molecule has 1 aliphatic rings. The van der Waals surface area contributed by atoms with Gasteiger partial charge in [0.15, 0.2) is 0 Å². The molecule has 0 aromatic heterocycles. The molecule has 1 saturated carbocycles. The second kappa shape index (κ2) is 5.48. The third-order valence-electron chi connectivity index (χ3n) is 2.74. The van der Waals surface area contributed by atoms with Crippen LogP contribution < -0.4 is 10.6 Å². The number of benzene rings is 1. The van der Waals surface area contributed by atoms with Crippen LogP contribution in [0.5, 0.6) is 0 Å². The highest BCUT2D eigenvalue weighted by Crippen LogP contribution is 2.36. The van der Waals surface area contributed by atoms with Gasteiger partial charge < -0.3 is 10.6 Å². The average Bonchev–Trinajstić information content (AvgIpc) is 3.08. The van der Waals surface area contributed by atoms with E-state index in [1.165, 1.54) is 18.9 Å². The zero-order valence-electron chi connectivity index (χ0n) is 9.65. The van der Waals surface area contributed by atoms with Crippen LogP contribution in [-0.2, 0) is 6.18 Å². The Morgan fingerprint density at radius 1 is 1.22 bits per heavy atom. The molecule has 1 aromatic rings. The molecule has 0 aliphatic heterocycles. The monoisotopic (exact) mass is 322 g/mol. The van der Waals surface area contributed by atoms with E-state index in [4.69, 9.17) is 0 Å². The van der Waals surface area contributed by atoms with Crippen LogP contribution in [0.4, 0.5) is 18.9 Å². The molecular formula is C12H14BrF3N2. The van der Waals surface area contributed by atoms with Crippen LogP contribution in [0.3, 0.4) is 0 Å². The van der Waals surface area contributed by atoms with Gasteiger partial charge in [0.25, 0.3) is 0 Å². The van der Waals surface area contributed by atoms with Crippen LogP contribution in [0.1, 0.15) is 18.4 Å². The summed E-state index contributed by atoms with van der Waals surface area (Å²) in [6.45, 7) is 1.17. The van der Waals surface area contributed by atoms with Crippen molar-refractivity contribution in [2.75, 3.05) is 18.4 Å². The summed E-state index contributed by atoms with van der Waals surface area (Å²) in [4.78, 5) is 0. The van der Waals surface area contributed by atoms with Gasteiger partial charge in [-0.05, 0) is 31.0 Å². The van der Waals surface area contributed by atoms with Crippen molar-refractivity contribution in [1.82, 2.24) is 5.32 Å². The standard InChI is InChI=1S/C12H14BrF3N2/c13-8-1-4-11(10(7-8)12(14,15)16)18-6-5-17-9-2-3-9/h1,4,7,9,17-18H,2-3,5-6H2. The quantitative estimate of drug-likeness (QED) is 0.809. The first-order valence-electron chi connectivity index (χ1n) is 5.81. The molecular weight excluding hydrogens is 309 g/mol. The molecule has 0 bridgehead atoms. The Bertz CT molecular complexity index is 416. The number of rotatable bonds is 5. The van der Waals surface area contributed by atoms with E-state index in [1.54, 1.807) is 6.07 Å². The van der Waals surface area contributed by atoms with Gasteiger partial charge in [-0.1, -0.05) is 15.9 Å². The molecule has 1 fully saturated rings. The van der Waals surface area contributed by atoms with Crippen LogP contribution in [0.2, 0.25) is 0 Å². The Morgan fingerprint density at radius 2 is 1.94 bits per heavy atom. The smallest absolute Gasteiger partial charge is 0.383 e. The Morgan fingerprint density at radius 3 is 2.56 bits per heavy atom. The first kappa shape index (κ1) is 13.7. The lowest BCUT2D eigenvalue weighted by atomic mass is 10.1. The minimum absolute atomic E-state index is 0.128. The van der Waals surface area contributed by atoms with Gasteiger partial charge in [0, 0.05) is 29.3 Å². The summed E-state index contributed by atoms with van der Waals surface area (Å²) in [5.74, 6) is 0. The zero-order chi connectivity index (χ0) is 13.2. The van der Waals surface area contributed by atoms with Crippen LogP contribution in [0.15, 0.2) is 22.7 Å². The lowest BCUT2D eigenvalue weighted by Gasteiger charge is -2.15. The van der Waals surface area contributed by atoms with E-state index in [2.05, 4.69) is 26.6 Å². The third kappa shape index (κ3) is 3.88. The predicted octanol–water partition coefficient (Wildman–Crippen LogP) is 3.63. The first-order chi connectivity index (χ1) is 8.47. The van der Waals surface area contributed by atoms with Crippen LogP contribution in [0, 0.1) is 0 Å². The van der Waals surface area contributed by atoms with Crippen molar-refractivity contribution in [2.45, 2.75) is 25.1 Å². The fraction of sp³-hybridized carbons (Fsp3) is 0.500. The topological polar surface area (TPSA) is 24.1 Å². The number of halogens is 4. The van der Waals surface area contributed by atoms with E-state index in [0.29, 0.717) is 23.6 Å².